The lowest BCUT2D eigenvalue weighted by Gasteiger charge is -2.32. The summed E-state index contributed by atoms with van der Waals surface area (Å²) in [6, 6.07) is 1.63. The number of amides is 2. The Bertz CT molecular complexity index is 744. The van der Waals surface area contributed by atoms with E-state index in [2.05, 4.69) is 25.3 Å². The summed E-state index contributed by atoms with van der Waals surface area (Å²) in [6.07, 6.45) is 7.87. The molecule has 2 aromatic rings. The van der Waals surface area contributed by atoms with Gasteiger partial charge in [0.25, 0.3) is 5.91 Å². The maximum absolute atomic E-state index is 12.4. The normalized spacial score (nSPS) is 15.0. The average molecular weight is 340 g/mol. The maximum Gasteiger partial charge on any atom is 0.272 e. The Hall–Kier alpha value is -2.90. The topological polar surface area (TPSA) is 101 Å². The van der Waals surface area contributed by atoms with Crippen molar-refractivity contribution in [2.45, 2.75) is 32.2 Å². The molecule has 2 amide bonds. The van der Waals surface area contributed by atoms with Crippen LogP contribution in [0.15, 0.2) is 31.0 Å². The Labute approximate surface area is 145 Å². The molecule has 0 atom stereocenters. The molecule has 2 aromatic heterocycles. The lowest BCUT2D eigenvalue weighted by molar-refractivity contribution is -0.119. The van der Waals surface area contributed by atoms with Crippen LogP contribution in [0.1, 0.15) is 47.6 Å². The second-order valence-electron chi connectivity index (χ2n) is 5.96. The van der Waals surface area contributed by atoms with E-state index >= 15 is 0 Å². The summed E-state index contributed by atoms with van der Waals surface area (Å²) in [5.41, 5.74) is 2.11. The zero-order valence-corrected chi connectivity index (χ0v) is 14.1. The van der Waals surface area contributed by atoms with Gasteiger partial charge in [0.05, 0.1) is 17.9 Å². The number of aromatic nitrogens is 4. The minimum Gasteiger partial charge on any atom is -0.351 e. The molecular formula is C17H20N6O2. The third-order valence-corrected chi connectivity index (χ3v) is 4.28. The van der Waals surface area contributed by atoms with Crippen LogP contribution < -0.4 is 5.32 Å². The van der Waals surface area contributed by atoms with Crippen LogP contribution in [0.5, 0.6) is 0 Å². The van der Waals surface area contributed by atoms with E-state index in [4.69, 9.17) is 0 Å². The molecule has 0 bridgehead atoms. The van der Waals surface area contributed by atoms with Crippen molar-refractivity contribution in [2.75, 3.05) is 13.1 Å². The van der Waals surface area contributed by atoms with Crippen LogP contribution in [0.2, 0.25) is 0 Å². The predicted molar refractivity (Wildman–Crippen MR) is 89.5 cm³/mol. The first-order valence-electron chi connectivity index (χ1n) is 8.24. The Kier molecular flexibility index (Phi) is 5.27. The molecule has 0 aromatic carbocycles. The van der Waals surface area contributed by atoms with Crippen molar-refractivity contribution in [1.82, 2.24) is 30.2 Å². The fourth-order valence-corrected chi connectivity index (χ4v) is 3.00. The van der Waals surface area contributed by atoms with Gasteiger partial charge in [-0.2, -0.15) is 0 Å². The van der Waals surface area contributed by atoms with Crippen molar-refractivity contribution in [3.8, 4) is 0 Å². The SMILES string of the molecule is CC(=O)NCc1nccnc1C1CCN(C(=O)c2ccncn2)CC1. The molecule has 3 heterocycles. The molecule has 25 heavy (non-hydrogen) atoms. The fraction of sp³-hybridized carbons (Fsp3) is 0.412. The zero-order valence-electron chi connectivity index (χ0n) is 14.1. The molecule has 8 heteroatoms. The van der Waals surface area contributed by atoms with Gasteiger partial charge < -0.3 is 10.2 Å². The molecule has 1 N–H and O–H groups in total. The number of likely N-dealkylation sites (tertiary alicyclic amines) is 1. The van der Waals surface area contributed by atoms with E-state index in [1.807, 2.05) is 4.90 Å². The van der Waals surface area contributed by atoms with Gasteiger partial charge >= 0.3 is 0 Å². The fourth-order valence-electron chi connectivity index (χ4n) is 3.00. The summed E-state index contributed by atoms with van der Waals surface area (Å²) >= 11 is 0. The summed E-state index contributed by atoms with van der Waals surface area (Å²) in [4.78, 5) is 42.1. The van der Waals surface area contributed by atoms with Gasteiger partial charge in [-0.25, -0.2) is 9.97 Å². The molecule has 1 saturated heterocycles. The first-order chi connectivity index (χ1) is 12.1. The Morgan fingerprint density at radius 2 is 1.92 bits per heavy atom. The Morgan fingerprint density at radius 3 is 2.60 bits per heavy atom. The van der Waals surface area contributed by atoms with Gasteiger partial charge in [-0.1, -0.05) is 0 Å². The molecule has 1 fully saturated rings. The molecule has 0 unspecified atom stereocenters. The molecular weight excluding hydrogens is 320 g/mol. The summed E-state index contributed by atoms with van der Waals surface area (Å²) < 4.78 is 0. The number of nitrogens with zero attached hydrogens (tertiary/aromatic N) is 5. The predicted octanol–water partition coefficient (Wildman–Crippen LogP) is 0.922. The lowest BCUT2D eigenvalue weighted by atomic mass is 9.91. The van der Waals surface area contributed by atoms with Crippen LogP contribution in [-0.2, 0) is 11.3 Å². The van der Waals surface area contributed by atoms with E-state index in [1.165, 1.54) is 13.3 Å². The van der Waals surface area contributed by atoms with Gasteiger partial charge in [-0.3, -0.25) is 19.6 Å². The van der Waals surface area contributed by atoms with Gasteiger partial charge in [0.15, 0.2) is 0 Å². The number of hydrogen-bond acceptors (Lipinski definition) is 6. The molecule has 0 radical (unpaired) electrons. The highest BCUT2D eigenvalue weighted by Crippen LogP contribution is 2.28. The van der Waals surface area contributed by atoms with E-state index in [1.54, 1.807) is 24.7 Å². The van der Waals surface area contributed by atoms with E-state index in [9.17, 15) is 9.59 Å². The molecule has 0 saturated carbocycles. The van der Waals surface area contributed by atoms with Crippen LogP contribution >= 0.6 is 0 Å². The molecule has 0 spiro atoms. The highest BCUT2D eigenvalue weighted by Gasteiger charge is 2.27. The van der Waals surface area contributed by atoms with Crippen LogP contribution in [0.25, 0.3) is 0 Å². The highest BCUT2D eigenvalue weighted by atomic mass is 16.2. The second-order valence-corrected chi connectivity index (χ2v) is 5.96. The summed E-state index contributed by atoms with van der Waals surface area (Å²) in [5, 5.41) is 2.77. The van der Waals surface area contributed by atoms with Gasteiger partial charge in [-0.05, 0) is 18.9 Å². The minimum absolute atomic E-state index is 0.0709. The summed E-state index contributed by atoms with van der Waals surface area (Å²) in [6.45, 7) is 3.14. The largest absolute Gasteiger partial charge is 0.351 e. The Morgan fingerprint density at radius 1 is 1.16 bits per heavy atom. The third kappa shape index (κ3) is 4.14. The van der Waals surface area contributed by atoms with Crippen LogP contribution in [0, 0.1) is 0 Å². The van der Waals surface area contributed by atoms with Crippen molar-refractivity contribution < 1.29 is 9.59 Å². The number of piperidine rings is 1. The number of hydrogen-bond donors (Lipinski definition) is 1. The van der Waals surface area contributed by atoms with Crippen LogP contribution in [0.3, 0.4) is 0 Å². The van der Waals surface area contributed by atoms with Crippen molar-refractivity contribution >= 4 is 11.8 Å². The van der Waals surface area contributed by atoms with Crippen LogP contribution in [-0.4, -0.2) is 49.7 Å². The van der Waals surface area contributed by atoms with E-state index < -0.39 is 0 Å². The molecule has 130 valence electrons. The van der Waals surface area contributed by atoms with E-state index in [0.717, 1.165) is 24.2 Å². The number of carbonyl (C=O) groups is 2. The van der Waals surface area contributed by atoms with Crippen LogP contribution in [0.4, 0.5) is 0 Å². The van der Waals surface area contributed by atoms with E-state index in [-0.39, 0.29) is 17.7 Å². The maximum atomic E-state index is 12.4. The highest BCUT2D eigenvalue weighted by molar-refractivity contribution is 5.92. The van der Waals surface area contributed by atoms with Gasteiger partial charge in [0, 0.05) is 44.5 Å². The van der Waals surface area contributed by atoms with Crippen molar-refractivity contribution in [1.29, 1.82) is 0 Å². The van der Waals surface area contributed by atoms with Crippen molar-refractivity contribution in [2.24, 2.45) is 0 Å². The van der Waals surface area contributed by atoms with Gasteiger partial charge in [0.2, 0.25) is 5.91 Å². The molecule has 3 rings (SSSR count). The smallest absolute Gasteiger partial charge is 0.272 e. The summed E-state index contributed by atoms with van der Waals surface area (Å²) in [7, 11) is 0. The van der Waals surface area contributed by atoms with Gasteiger partial charge in [0.1, 0.15) is 12.0 Å². The quantitative estimate of drug-likeness (QED) is 0.888. The first-order valence-corrected chi connectivity index (χ1v) is 8.24. The minimum atomic E-state index is -0.0955. The second kappa shape index (κ2) is 7.78. The first kappa shape index (κ1) is 16.9. The van der Waals surface area contributed by atoms with Crippen molar-refractivity contribution in [3.63, 3.8) is 0 Å². The van der Waals surface area contributed by atoms with Gasteiger partial charge in [-0.15, -0.1) is 0 Å². The molecule has 1 aliphatic heterocycles. The standard InChI is InChI=1S/C17H20N6O2/c1-12(24)21-10-15-16(20-7-6-19-15)13-3-8-23(9-4-13)17(25)14-2-5-18-11-22-14/h2,5-7,11,13H,3-4,8-10H2,1H3,(H,21,24). The average Bonchev–Trinajstić information content (AvgIpc) is 2.67. The van der Waals surface area contributed by atoms with E-state index in [0.29, 0.717) is 25.3 Å². The molecule has 0 aliphatic carbocycles. The number of nitrogens with one attached hydrogen (secondary N) is 1. The molecule has 1 aliphatic rings. The molecule has 8 nitrogen and oxygen atoms in total. The van der Waals surface area contributed by atoms with Crippen molar-refractivity contribution in [3.05, 3.63) is 48.1 Å². The number of carbonyl (C=O) groups excluding carboxylic acids is 2. The zero-order chi connectivity index (χ0) is 17.6. The monoisotopic (exact) mass is 340 g/mol. The Balaban J connectivity index is 1.65. The number of rotatable bonds is 4. The summed E-state index contributed by atoms with van der Waals surface area (Å²) in [5.74, 6) is 0.0623. The lowest BCUT2D eigenvalue weighted by Crippen LogP contribution is -2.38. The third-order valence-electron chi connectivity index (χ3n) is 4.28.